The zero-order valence-corrected chi connectivity index (χ0v) is 19.0. The predicted octanol–water partition coefficient (Wildman–Crippen LogP) is 4.76. The van der Waals surface area contributed by atoms with Gasteiger partial charge in [0.25, 0.3) is 5.56 Å². The highest BCUT2D eigenvalue weighted by Crippen LogP contribution is 2.30. The van der Waals surface area contributed by atoms with Crippen LogP contribution in [0.5, 0.6) is 0 Å². The Hall–Kier alpha value is -1.34. The summed E-state index contributed by atoms with van der Waals surface area (Å²) in [6, 6.07) is 0.361. The Balaban J connectivity index is 1.76. The summed E-state index contributed by atoms with van der Waals surface area (Å²) in [5, 5.41) is 1.29. The molecule has 0 saturated carbocycles. The van der Waals surface area contributed by atoms with E-state index in [2.05, 4.69) is 37.7 Å². The van der Waals surface area contributed by atoms with E-state index in [4.69, 9.17) is 0 Å². The molecule has 28 heavy (non-hydrogen) atoms. The number of aromatic amines is 1. The lowest BCUT2D eigenvalue weighted by molar-refractivity contribution is -0.132. The maximum Gasteiger partial charge on any atom is 0.260 e. The Morgan fingerprint density at radius 3 is 2.89 bits per heavy atom. The van der Waals surface area contributed by atoms with E-state index >= 15 is 0 Å². The Kier molecular flexibility index (Phi) is 7.20. The molecule has 0 bridgehead atoms. The van der Waals surface area contributed by atoms with Gasteiger partial charge in [-0.1, -0.05) is 39.0 Å². The van der Waals surface area contributed by atoms with E-state index in [0.717, 1.165) is 54.4 Å². The Morgan fingerprint density at radius 2 is 2.18 bits per heavy atom. The number of H-pyrrole nitrogens is 1. The van der Waals surface area contributed by atoms with E-state index in [0.29, 0.717) is 22.9 Å². The molecule has 1 N–H and O–H groups in total. The van der Waals surface area contributed by atoms with Crippen molar-refractivity contribution in [2.75, 3.05) is 12.3 Å². The lowest BCUT2D eigenvalue weighted by Gasteiger charge is -2.35. The SMILES string of the molecule is CC[C@H](C)Cc1c(C)sc2nc(SCC(=O)N3CCCC[C@H]3CC)[nH]c(=O)c12. The van der Waals surface area contributed by atoms with Gasteiger partial charge in [-0.3, -0.25) is 9.59 Å². The van der Waals surface area contributed by atoms with Crippen molar-refractivity contribution in [2.24, 2.45) is 5.92 Å². The molecule has 1 fully saturated rings. The molecule has 7 heteroatoms. The number of thiophene rings is 1. The molecule has 0 spiro atoms. The molecule has 2 atom stereocenters. The van der Waals surface area contributed by atoms with Crippen LogP contribution in [0, 0.1) is 12.8 Å². The molecule has 3 rings (SSSR count). The summed E-state index contributed by atoms with van der Waals surface area (Å²) >= 11 is 2.93. The molecule has 0 unspecified atom stereocenters. The molecule has 1 aliphatic heterocycles. The number of hydrogen-bond donors (Lipinski definition) is 1. The summed E-state index contributed by atoms with van der Waals surface area (Å²) in [6.07, 6.45) is 6.39. The van der Waals surface area contributed by atoms with Crippen molar-refractivity contribution < 1.29 is 4.79 Å². The Morgan fingerprint density at radius 1 is 1.39 bits per heavy atom. The van der Waals surface area contributed by atoms with Crippen molar-refractivity contribution >= 4 is 39.2 Å². The van der Waals surface area contributed by atoms with Gasteiger partial charge in [0.15, 0.2) is 5.16 Å². The van der Waals surface area contributed by atoms with Crippen molar-refractivity contribution in [1.29, 1.82) is 0 Å². The zero-order chi connectivity index (χ0) is 20.3. The molecule has 1 saturated heterocycles. The summed E-state index contributed by atoms with van der Waals surface area (Å²) in [6.45, 7) is 9.45. The van der Waals surface area contributed by atoms with E-state index in [9.17, 15) is 9.59 Å². The van der Waals surface area contributed by atoms with Crippen molar-refractivity contribution in [3.05, 3.63) is 20.8 Å². The second kappa shape index (κ2) is 9.44. The van der Waals surface area contributed by atoms with Crippen LogP contribution in [0.25, 0.3) is 10.2 Å². The monoisotopic (exact) mass is 421 g/mol. The van der Waals surface area contributed by atoms with Crippen LogP contribution in [0.2, 0.25) is 0 Å². The number of thioether (sulfide) groups is 1. The highest BCUT2D eigenvalue weighted by atomic mass is 32.2. The van der Waals surface area contributed by atoms with E-state index in [1.54, 1.807) is 11.3 Å². The first-order chi connectivity index (χ1) is 13.4. The fraction of sp³-hybridized carbons (Fsp3) is 0.667. The third-order valence-electron chi connectivity index (χ3n) is 5.84. The van der Waals surface area contributed by atoms with Crippen LogP contribution in [0.1, 0.15) is 63.3 Å². The molecule has 0 aromatic carbocycles. The first kappa shape index (κ1) is 21.4. The summed E-state index contributed by atoms with van der Waals surface area (Å²) in [5.41, 5.74) is 1.06. The number of piperidine rings is 1. The molecule has 1 amide bonds. The molecule has 3 heterocycles. The number of aryl methyl sites for hydroxylation is 1. The second-order valence-electron chi connectivity index (χ2n) is 7.84. The lowest BCUT2D eigenvalue weighted by Crippen LogP contribution is -2.44. The molecule has 0 radical (unpaired) electrons. The normalized spacial score (nSPS) is 18.6. The number of aromatic nitrogens is 2. The fourth-order valence-corrected chi connectivity index (χ4v) is 5.79. The maximum absolute atomic E-state index is 12.8. The van der Waals surface area contributed by atoms with Crippen LogP contribution >= 0.6 is 23.1 Å². The van der Waals surface area contributed by atoms with E-state index in [-0.39, 0.29) is 11.5 Å². The van der Waals surface area contributed by atoms with Gasteiger partial charge < -0.3 is 9.88 Å². The Bertz CT molecular complexity index is 890. The quantitative estimate of drug-likeness (QED) is 0.517. The topological polar surface area (TPSA) is 66.1 Å². The molecule has 1 aliphatic rings. The third-order valence-corrected chi connectivity index (χ3v) is 7.74. The van der Waals surface area contributed by atoms with Gasteiger partial charge in [0.05, 0.1) is 11.1 Å². The largest absolute Gasteiger partial charge is 0.339 e. The van der Waals surface area contributed by atoms with Gasteiger partial charge in [-0.25, -0.2) is 4.98 Å². The van der Waals surface area contributed by atoms with E-state index in [1.807, 2.05) is 4.90 Å². The minimum Gasteiger partial charge on any atom is -0.339 e. The number of fused-ring (bicyclic) bond motifs is 1. The van der Waals surface area contributed by atoms with Gasteiger partial charge in [-0.2, -0.15) is 0 Å². The molecule has 0 aliphatic carbocycles. The predicted molar refractivity (Wildman–Crippen MR) is 119 cm³/mol. The number of rotatable bonds is 7. The van der Waals surface area contributed by atoms with Crippen LogP contribution in [-0.4, -0.2) is 39.1 Å². The number of likely N-dealkylation sites (tertiary alicyclic amines) is 1. The first-order valence-electron chi connectivity index (χ1n) is 10.4. The van der Waals surface area contributed by atoms with E-state index < -0.39 is 0 Å². The maximum atomic E-state index is 12.8. The number of amides is 1. The van der Waals surface area contributed by atoms with Gasteiger partial charge in [0, 0.05) is 17.5 Å². The minimum atomic E-state index is -0.0768. The van der Waals surface area contributed by atoms with Crippen LogP contribution in [0.3, 0.4) is 0 Å². The van der Waals surface area contributed by atoms with Crippen molar-refractivity contribution in [3.63, 3.8) is 0 Å². The lowest BCUT2D eigenvalue weighted by atomic mass is 9.98. The number of nitrogens with one attached hydrogen (secondary N) is 1. The van der Waals surface area contributed by atoms with Gasteiger partial charge in [0.2, 0.25) is 5.91 Å². The Labute approximate surface area is 175 Å². The highest BCUT2D eigenvalue weighted by molar-refractivity contribution is 7.99. The summed E-state index contributed by atoms with van der Waals surface area (Å²) < 4.78 is 0. The summed E-state index contributed by atoms with van der Waals surface area (Å²) in [4.78, 5) is 37.0. The number of hydrogen-bond acceptors (Lipinski definition) is 5. The van der Waals surface area contributed by atoms with Gasteiger partial charge in [0.1, 0.15) is 4.83 Å². The van der Waals surface area contributed by atoms with Crippen molar-refractivity contribution in [3.8, 4) is 0 Å². The summed E-state index contributed by atoms with van der Waals surface area (Å²) in [7, 11) is 0. The number of carbonyl (C=O) groups is 1. The smallest absolute Gasteiger partial charge is 0.260 e. The standard InChI is InChI=1S/C21H31N3O2S2/c1-5-13(3)11-16-14(4)28-20-18(16)19(26)22-21(23-20)27-12-17(25)24-10-8-7-9-15(24)6-2/h13,15H,5-12H2,1-4H3,(H,22,23,26)/t13-,15+/m0/s1. The van der Waals surface area contributed by atoms with Crippen LogP contribution in [0.15, 0.2) is 9.95 Å². The van der Waals surface area contributed by atoms with Crippen LogP contribution in [0.4, 0.5) is 0 Å². The number of nitrogens with zero attached hydrogens (tertiary/aromatic N) is 2. The van der Waals surface area contributed by atoms with Crippen molar-refractivity contribution in [1.82, 2.24) is 14.9 Å². The molecule has 5 nitrogen and oxygen atoms in total. The molecular formula is C21H31N3O2S2. The van der Waals surface area contributed by atoms with Gasteiger partial charge in [-0.05, 0) is 50.5 Å². The molecule has 2 aromatic rings. The second-order valence-corrected chi connectivity index (χ2v) is 10.0. The highest BCUT2D eigenvalue weighted by Gasteiger charge is 2.25. The average Bonchev–Trinajstić information content (AvgIpc) is 3.01. The first-order valence-corrected chi connectivity index (χ1v) is 12.2. The minimum absolute atomic E-state index is 0.0768. The molecule has 2 aromatic heterocycles. The van der Waals surface area contributed by atoms with Crippen LogP contribution < -0.4 is 5.56 Å². The van der Waals surface area contributed by atoms with Crippen LogP contribution in [-0.2, 0) is 11.2 Å². The average molecular weight is 422 g/mol. The number of carbonyl (C=O) groups excluding carboxylic acids is 1. The van der Waals surface area contributed by atoms with Crippen molar-refractivity contribution in [2.45, 2.75) is 77.4 Å². The van der Waals surface area contributed by atoms with Gasteiger partial charge >= 0.3 is 0 Å². The third kappa shape index (κ3) is 4.62. The molecule has 154 valence electrons. The van der Waals surface area contributed by atoms with E-state index in [1.165, 1.54) is 23.1 Å². The summed E-state index contributed by atoms with van der Waals surface area (Å²) in [5.74, 6) is 1.02. The molecular weight excluding hydrogens is 390 g/mol. The fourth-order valence-electron chi connectivity index (χ4n) is 3.93. The zero-order valence-electron chi connectivity index (χ0n) is 17.3. The van der Waals surface area contributed by atoms with Gasteiger partial charge in [-0.15, -0.1) is 11.3 Å².